The predicted octanol–water partition coefficient (Wildman–Crippen LogP) is 4.16. The summed E-state index contributed by atoms with van der Waals surface area (Å²) in [7, 11) is 0. The van der Waals surface area contributed by atoms with Crippen molar-refractivity contribution in [3.05, 3.63) is 71.9 Å². The van der Waals surface area contributed by atoms with Gasteiger partial charge in [0.05, 0.1) is 5.69 Å². The van der Waals surface area contributed by atoms with Gasteiger partial charge in [-0.15, -0.1) is 6.58 Å². The molecule has 0 saturated heterocycles. The van der Waals surface area contributed by atoms with Crippen LogP contribution in [0.4, 0.5) is 11.4 Å². The number of hydrogen-bond acceptors (Lipinski definition) is 5. The molecular formula is C21H16ClN3O4. The van der Waals surface area contributed by atoms with E-state index in [-0.39, 0.29) is 18.2 Å². The number of carbonyl (C=O) groups is 2. The van der Waals surface area contributed by atoms with Gasteiger partial charge in [-0.1, -0.05) is 22.8 Å². The molecule has 1 aliphatic heterocycles. The Bertz CT molecular complexity index is 1090. The van der Waals surface area contributed by atoms with Gasteiger partial charge in [0.2, 0.25) is 0 Å². The minimum Gasteiger partial charge on any atom is -0.482 e. The van der Waals surface area contributed by atoms with Gasteiger partial charge in [0.25, 0.3) is 11.8 Å². The first kappa shape index (κ1) is 18.8. The van der Waals surface area contributed by atoms with Crippen molar-refractivity contribution >= 4 is 34.8 Å². The number of amides is 2. The van der Waals surface area contributed by atoms with E-state index in [0.29, 0.717) is 34.5 Å². The molecule has 7 nitrogen and oxygen atoms in total. The first-order valence-corrected chi connectivity index (χ1v) is 9.15. The molecule has 1 N–H and O–H groups in total. The molecule has 2 heterocycles. The zero-order chi connectivity index (χ0) is 20.4. The quantitative estimate of drug-likeness (QED) is 0.639. The van der Waals surface area contributed by atoms with Crippen molar-refractivity contribution in [3.63, 3.8) is 0 Å². The fraction of sp³-hybridized carbons (Fsp3) is 0.0952. The molecule has 8 heteroatoms. The van der Waals surface area contributed by atoms with Crippen molar-refractivity contribution in [2.75, 3.05) is 23.4 Å². The predicted molar refractivity (Wildman–Crippen MR) is 109 cm³/mol. The summed E-state index contributed by atoms with van der Waals surface area (Å²) < 4.78 is 10.7. The van der Waals surface area contributed by atoms with Crippen LogP contribution in [0.25, 0.3) is 11.3 Å². The lowest BCUT2D eigenvalue weighted by molar-refractivity contribution is -0.121. The molecule has 146 valence electrons. The SMILES string of the molecule is C=CCN1C(=O)COc2ccc(NC(=O)c3cc(-c4ccc(Cl)cc4)on3)cc21. The maximum Gasteiger partial charge on any atom is 0.277 e. The molecule has 29 heavy (non-hydrogen) atoms. The van der Waals surface area contributed by atoms with Crippen LogP contribution in [-0.4, -0.2) is 30.1 Å². The average Bonchev–Trinajstić information content (AvgIpc) is 3.21. The highest BCUT2D eigenvalue weighted by Gasteiger charge is 2.25. The Kier molecular flexibility index (Phi) is 5.05. The molecule has 0 atom stereocenters. The van der Waals surface area contributed by atoms with Crippen LogP contribution in [0.1, 0.15) is 10.5 Å². The molecule has 0 unspecified atom stereocenters. The van der Waals surface area contributed by atoms with Gasteiger partial charge in [0.15, 0.2) is 18.1 Å². The molecule has 0 radical (unpaired) electrons. The summed E-state index contributed by atoms with van der Waals surface area (Å²) in [5, 5.41) is 7.19. The van der Waals surface area contributed by atoms with Crippen LogP contribution in [0.15, 0.2) is 65.7 Å². The van der Waals surface area contributed by atoms with Crippen LogP contribution in [0.3, 0.4) is 0 Å². The van der Waals surface area contributed by atoms with E-state index in [2.05, 4.69) is 17.1 Å². The smallest absolute Gasteiger partial charge is 0.277 e. The van der Waals surface area contributed by atoms with E-state index in [1.807, 2.05) is 0 Å². The molecule has 0 spiro atoms. The molecule has 0 aliphatic carbocycles. The van der Waals surface area contributed by atoms with Gasteiger partial charge in [0.1, 0.15) is 5.75 Å². The number of halogens is 1. The number of anilines is 2. The summed E-state index contributed by atoms with van der Waals surface area (Å²) in [4.78, 5) is 26.2. The van der Waals surface area contributed by atoms with Gasteiger partial charge >= 0.3 is 0 Å². The molecule has 2 amide bonds. The highest BCUT2D eigenvalue weighted by molar-refractivity contribution is 6.30. The molecule has 0 saturated carbocycles. The first-order chi connectivity index (χ1) is 14.0. The van der Waals surface area contributed by atoms with E-state index < -0.39 is 5.91 Å². The van der Waals surface area contributed by atoms with Crippen LogP contribution in [0, 0.1) is 0 Å². The second-order valence-electron chi connectivity index (χ2n) is 6.30. The Hall–Kier alpha value is -3.58. The molecule has 1 aliphatic rings. The maximum atomic E-state index is 12.6. The average molecular weight is 410 g/mol. The molecule has 0 fully saturated rings. The molecular weight excluding hydrogens is 394 g/mol. The number of nitrogens with zero attached hydrogens (tertiary/aromatic N) is 2. The summed E-state index contributed by atoms with van der Waals surface area (Å²) >= 11 is 5.89. The third-order valence-electron chi connectivity index (χ3n) is 4.34. The monoisotopic (exact) mass is 409 g/mol. The van der Waals surface area contributed by atoms with Gasteiger partial charge < -0.3 is 19.5 Å². The van der Waals surface area contributed by atoms with Gasteiger partial charge in [-0.05, 0) is 42.5 Å². The second kappa shape index (κ2) is 7.81. The van der Waals surface area contributed by atoms with E-state index in [0.717, 1.165) is 5.56 Å². The van der Waals surface area contributed by atoms with Crippen LogP contribution >= 0.6 is 11.6 Å². The Morgan fingerprint density at radius 1 is 1.24 bits per heavy atom. The van der Waals surface area contributed by atoms with E-state index in [1.54, 1.807) is 59.5 Å². The first-order valence-electron chi connectivity index (χ1n) is 8.77. The van der Waals surface area contributed by atoms with Gasteiger partial charge in [-0.25, -0.2) is 0 Å². The van der Waals surface area contributed by atoms with Gasteiger partial charge in [-0.2, -0.15) is 0 Å². The van der Waals surface area contributed by atoms with Crippen LogP contribution in [0.5, 0.6) is 5.75 Å². The topological polar surface area (TPSA) is 84.7 Å². The van der Waals surface area contributed by atoms with Gasteiger partial charge in [-0.3, -0.25) is 9.59 Å². The van der Waals surface area contributed by atoms with Crippen molar-refractivity contribution in [2.24, 2.45) is 0 Å². The standard InChI is InChI=1S/C21H16ClN3O4/c1-2-9-25-17-10-15(7-8-18(17)28-12-20(25)26)23-21(27)16-11-19(29-24-16)13-3-5-14(22)6-4-13/h2-8,10-11H,1,9,12H2,(H,23,27). The molecule has 2 aromatic carbocycles. The van der Waals surface area contributed by atoms with E-state index in [4.69, 9.17) is 20.9 Å². The van der Waals surface area contributed by atoms with E-state index >= 15 is 0 Å². The van der Waals surface area contributed by atoms with E-state index in [1.165, 1.54) is 0 Å². The lowest BCUT2D eigenvalue weighted by Gasteiger charge is -2.28. The van der Waals surface area contributed by atoms with Crippen LogP contribution < -0.4 is 15.0 Å². The Balaban J connectivity index is 1.54. The highest BCUT2D eigenvalue weighted by Crippen LogP contribution is 2.34. The van der Waals surface area contributed by atoms with E-state index in [9.17, 15) is 9.59 Å². The minimum atomic E-state index is -0.438. The normalized spacial score (nSPS) is 12.9. The minimum absolute atomic E-state index is 0.0288. The maximum absolute atomic E-state index is 12.6. The molecule has 1 aromatic heterocycles. The number of nitrogens with one attached hydrogen (secondary N) is 1. The summed E-state index contributed by atoms with van der Waals surface area (Å²) in [6.07, 6.45) is 1.63. The summed E-state index contributed by atoms with van der Waals surface area (Å²) in [6, 6.07) is 13.6. The number of fused-ring (bicyclic) bond motifs is 1. The fourth-order valence-corrected chi connectivity index (χ4v) is 3.06. The van der Waals surface area contributed by atoms with Crippen molar-refractivity contribution in [1.29, 1.82) is 0 Å². The largest absolute Gasteiger partial charge is 0.482 e. The molecule has 0 bridgehead atoms. The van der Waals surface area contributed by atoms with Crippen molar-refractivity contribution in [3.8, 4) is 17.1 Å². The summed E-state index contributed by atoms with van der Waals surface area (Å²) in [6.45, 7) is 3.99. The Morgan fingerprint density at radius 3 is 2.79 bits per heavy atom. The van der Waals surface area contributed by atoms with Crippen LogP contribution in [-0.2, 0) is 4.79 Å². The van der Waals surface area contributed by atoms with Gasteiger partial charge in [0, 0.05) is 28.9 Å². The number of aromatic nitrogens is 1. The third-order valence-corrected chi connectivity index (χ3v) is 4.59. The summed E-state index contributed by atoms with van der Waals surface area (Å²) in [5.41, 5.74) is 1.95. The number of carbonyl (C=O) groups excluding carboxylic acids is 2. The Morgan fingerprint density at radius 2 is 2.03 bits per heavy atom. The highest BCUT2D eigenvalue weighted by atomic mass is 35.5. The molecule has 4 rings (SSSR count). The van der Waals surface area contributed by atoms with Crippen LogP contribution in [0.2, 0.25) is 5.02 Å². The third kappa shape index (κ3) is 3.86. The number of rotatable bonds is 5. The van der Waals surface area contributed by atoms with Crippen molar-refractivity contribution in [2.45, 2.75) is 0 Å². The fourth-order valence-electron chi connectivity index (χ4n) is 2.94. The molecule has 3 aromatic rings. The summed E-state index contributed by atoms with van der Waals surface area (Å²) in [5.74, 6) is 0.404. The number of benzene rings is 2. The number of hydrogen-bond donors (Lipinski definition) is 1. The van der Waals surface area contributed by atoms with Crippen molar-refractivity contribution in [1.82, 2.24) is 5.16 Å². The number of ether oxygens (including phenoxy) is 1. The lowest BCUT2D eigenvalue weighted by atomic mass is 10.1. The Labute approximate surface area is 171 Å². The second-order valence-corrected chi connectivity index (χ2v) is 6.74. The zero-order valence-electron chi connectivity index (χ0n) is 15.2. The zero-order valence-corrected chi connectivity index (χ0v) is 16.0. The lowest BCUT2D eigenvalue weighted by Crippen LogP contribution is -2.38. The van der Waals surface area contributed by atoms with Crippen molar-refractivity contribution < 1.29 is 18.8 Å².